The van der Waals surface area contributed by atoms with Crippen LogP contribution < -0.4 is 0 Å². The van der Waals surface area contributed by atoms with Crippen molar-refractivity contribution in [2.24, 2.45) is 0 Å². The maximum atomic E-state index is 13.8. The summed E-state index contributed by atoms with van der Waals surface area (Å²) in [6.45, 7) is 6.10. The van der Waals surface area contributed by atoms with Gasteiger partial charge in [0.05, 0.1) is 28.5 Å². The molecule has 202 valence electrons. The van der Waals surface area contributed by atoms with Crippen LogP contribution in [-0.2, 0) is 32.0 Å². The monoisotopic (exact) mass is 575 g/mol. The highest BCUT2D eigenvalue weighted by atomic mass is 35.5. The van der Waals surface area contributed by atoms with Gasteiger partial charge in [0, 0.05) is 12.6 Å². The fraction of sp³-hybridized carbons (Fsp3) is 0.370. The van der Waals surface area contributed by atoms with Crippen molar-refractivity contribution in [3.63, 3.8) is 0 Å². The lowest BCUT2D eigenvalue weighted by Gasteiger charge is -2.28. The minimum atomic E-state index is -3.99. The van der Waals surface area contributed by atoms with E-state index in [1.54, 1.807) is 12.1 Å². The van der Waals surface area contributed by atoms with Crippen LogP contribution >= 0.6 is 11.6 Å². The van der Waals surface area contributed by atoms with Crippen LogP contribution in [-0.4, -0.2) is 55.2 Å². The molecule has 0 radical (unpaired) electrons. The van der Waals surface area contributed by atoms with E-state index in [9.17, 15) is 21.6 Å². The molecular formula is C27H30ClN3O5S2. The van der Waals surface area contributed by atoms with E-state index in [2.05, 4.69) is 23.8 Å². The van der Waals surface area contributed by atoms with Gasteiger partial charge in [0.1, 0.15) is 0 Å². The maximum Gasteiger partial charge on any atom is 0.274 e. The molecule has 38 heavy (non-hydrogen) atoms. The van der Waals surface area contributed by atoms with Gasteiger partial charge in [0.15, 0.2) is 15.5 Å². The Morgan fingerprint density at radius 1 is 1.13 bits per heavy atom. The summed E-state index contributed by atoms with van der Waals surface area (Å²) in [5.74, 6) is -0.839. The van der Waals surface area contributed by atoms with Crippen molar-refractivity contribution >= 4 is 37.2 Å². The third-order valence-electron chi connectivity index (χ3n) is 6.72. The Morgan fingerprint density at radius 2 is 1.82 bits per heavy atom. The minimum Gasteiger partial charge on any atom is -0.329 e. The molecule has 4 rings (SSSR count). The van der Waals surface area contributed by atoms with Gasteiger partial charge >= 0.3 is 0 Å². The van der Waals surface area contributed by atoms with E-state index >= 15 is 0 Å². The predicted molar refractivity (Wildman–Crippen MR) is 147 cm³/mol. The van der Waals surface area contributed by atoms with Gasteiger partial charge in [-0.25, -0.2) is 26.8 Å². The summed E-state index contributed by atoms with van der Waals surface area (Å²) in [5, 5.41) is -0.611. The molecule has 2 aromatic carbocycles. The molecule has 1 amide bonds. The maximum absolute atomic E-state index is 13.8. The number of nitrogens with zero attached hydrogens (tertiary/aromatic N) is 3. The number of halogens is 1. The number of carbonyl (C=O) groups is 1. The van der Waals surface area contributed by atoms with Crippen molar-refractivity contribution in [3.05, 3.63) is 87.7 Å². The standard InChI is InChI=1S/C27H30ClN3O5S2/c1-18(2)21-10-8-20(9-11-21)15-31(23-12-13-37(33,34)17-23)26(32)25-24(28)14-29-27(30-25)38(35,36)16-22-7-5-4-6-19(22)3/h4-11,14,18,23H,12-13,15-17H2,1-3H3. The van der Waals surface area contributed by atoms with E-state index in [-0.39, 0.29) is 40.9 Å². The SMILES string of the molecule is Cc1ccccc1CS(=O)(=O)c1ncc(Cl)c(C(=O)N(Cc2ccc(C(C)C)cc2)C2CCS(=O)(=O)C2)n1. The third-order valence-corrected chi connectivity index (χ3v) is 10.2. The molecule has 11 heteroatoms. The van der Waals surface area contributed by atoms with Crippen molar-refractivity contribution < 1.29 is 21.6 Å². The average molecular weight is 576 g/mol. The molecule has 1 fully saturated rings. The highest BCUT2D eigenvalue weighted by Crippen LogP contribution is 2.26. The summed E-state index contributed by atoms with van der Waals surface area (Å²) >= 11 is 6.31. The second-order valence-corrected chi connectivity index (χ2v) is 14.4. The first kappa shape index (κ1) is 28.2. The largest absolute Gasteiger partial charge is 0.329 e. The summed E-state index contributed by atoms with van der Waals surface area (Å²) in [6.07, 6.45) is 1.38. The van der Waals surface area contributed by atoms with Gasteiger partial charge in [0.25, 0.3) is 5.91 Å². The smallest absolute Gasteiger partial charge is 0.274 e. The Hall–Kier alpha value is -2.82. The second kappa shape index (κ2) is 11.1. The zero-order chi connectivity index (χ0) is 27.7. The van der Waals surface area contributed by atoms with E-state index in [1.165, 1.54) is 4.90 Å². The first-order valence-electron chi connectivity index (χ1n) is 12.3. The Kier molecular flexibility index (Phi) is 8.25. The van der Waals surface area contributed by atoms with Crippen LogP contribution in [0.4, 0.5) is 0 Å². The molecule has 2 heterocycles. The number of hydrogen-bond donors (Lipinski definition) is 0. The molecule has 1 aliphatic heterocycles. The number of benzene rings is 2. The van der Waals surface area contributed by atoms with E-state index in [4.69, 9.17) is 11.6 Å². The molecule has 8 nitrogen and oxygen atoms in total. The number of amides is 1. The third kappa shape index (κ3) is 6.42. The summed E-state index contributed by atoms with van der Waals surface area (Å²) < 4.78 is 50.8. The molecule has 1 aromatic heterocycles. The highest BCUT2D eigenvalue weighted by Gasteiger charge is 2.36. The van der Waals surface area contributed by atoms with Crippen LogP contribution in [0.3, 0.4) is 0 Å². The Morgan fingerprint density at radius 3 is 2.42 bits per heavy atom. The number of rotatable bonds is 8. The van der Waals surface area contributed by atoms with Gasteiger partial charge in [-0.3, -0.25) is 4.79 Å². The Labute approximate surface area is 228 Å². The van der Waals surface area contributed by atoms with Crippen LogP contribution in [0, 0.1) is 6.92 Å². The van der Waals surface area contributed by atoms with Crippen molar-refractivity contribution in [3.8, 4) is 0 Å². The second-order valence-electron chi connectivity index (χ2n) is 9.92. The number of sulfone groups is 2. The number of hydrogen-bond acceptors (Lipinski definition) is 7. The topological polar surface area (TPSA) is 114 Å². The quantitative estimate of drug-likeness (QED) is 0.366. The van der Waals surface area contributed by atoms with E-state index in [0.29, 0.717) is 11.5 Å². The Bertz CT molecular complexity index is 1560. The summed E-state index contributed by atoms with van der Waals surface area (Å²) in [5.41, 5.74) is 3.08. The lowest BCUT2D eigenvalue weighted by atomic mass is 10.0. The number of aryl methyl sites for hydroxylation is 1. The predicted octanol–water partition coefficient (Wildman–Crippen LogP) is 4.37. The van der Waals surface area contributed by atoms with Crippen LogP contribution in [0.25, 0.3) is 0 Å². The zero-order valence-corrected chi connectivity index (χ0v) is 23.9. The zero-order valence-electron chi connectivity index (χ0n) is 21.5. The average Bonchev–Trinajstić information content (AvgIpc) is 3.23. The van der Waals surface area contributed by atoms with Crippen molar-refractivity contribution in [2.75, 3.05) is 11.5 Å². The van der Waals surface area contributed by atoms with E-state index in [1.807, 2.05) is 43.3 Å². The van der Waals surface area contributed by atoms with Gasteiger partial charge in [0.2, 0.25) is 15.0 Å². The molecule has 0 aliphatic carbocycles. The molecule has 0 N–H and O–H groups in total. The minimum absolute atomic E-state index is 0.0265. The van der Waals surface area contributed by atoms with Crippen LogP contribution in [0.1, 0.15) is 58.9 Å². The molecule has 1 unspecified atom stereocenters. The fourth-order valence-corrected chi connectivity index (χ4v) is 7.63. The highest BCUT2D eigenvalue weighted by molar-refractivity contribution is 7.91. The molecular weight excluding hydrogens is 546 g/mol. The van der Waals surface area contributed by atoms with Crippen molar-refractivity contribution in [2.45, 2.75) is 56.6 Å². The van der Waals surface area contributed by atoms with E-state index < -0.39 is 36.8 Å². The first-order valence-corrected chi connectivity index (χ1v) is 16.1. The van der Waals surface area contributed by atoms with Gasteiger partial charge in [-0.05, 0) is 41.5 Å². The van der Waals surface area contributed by atoms with Gasteiger partial charge < -0.3 is 4.90 Å². The van der Waals surface area contributed by atoms with Crippen molar-refractivity contribution in [1.29, 1.82) is 0 Å². The first-order chi connectivity index (χ1) is 17.9. The van der Waals surface area contributed by atoms with Crippen LogP contribution in [0.5, 0.6) is 0 Å². The van der Waals surface area contributed by atoms with Gasteiger partial charge in [-0.1, -0.05) is 74.0 Å². The lowest BCUT2D eigenvalue weighted by molar-refractivity contribution is 0.0674. The van der Waals surface area contributed by atoms with Gasteiger partial charge in [-0.2, -0.15) is 0 Å². The molecule has 0 spiro atoms. The number of aromatic nitrogens is 2. The molecule has 1 saturated heterocycles. The van der Waals surface area contributed by atoms with Crippen molar-refractivity contribution in [1.82, 2.24) is 14.9 Å². The fourth-order valence-electron chi connectivity index (χ4n) is 4.42. The summed E-state index contributed by atoms with van der Waals surface area (Å²) in [7, 11) is -7.29. The normalized spacial score (nSPS) is 17.0. The van der Waals surface area contributed by atoms with Gasteiger partial charge in [-0.15, -0.1) is 0 Å². The summed E-state index contributed by atoms with van der Waals surface area (Å²) in [6, 6.07) is 14.2. The van der Waals surface area contributed by atoms with Crippen LogP contribution in [0.15, 0.2) is 59.9 Å². The molecule has 3 aromatic rings. The molecule has 1 atom stereocenters. The molecule has 1 aliphatic rings. The molecule has 0 saturated carbocycles. The number of carbonyl (C=O) groups excluding carboxylic acids is 1. The molecule has 0 bridgehead atoms. The Balaban J connectivity index is 1.68. The lowest BCUT2D eigenvalue weighted by Crippen LogP contribution is -2.41. The van der Waals surface area contributed by atoms with E-state index in [0.717, 1.165) is 22.9 Å². The van der Waals surface area contributed by atoms with Crippen LogP contribution in [0.2, 0.25) is 5.02 Å². The summed E-state index contributed by atoms with van der Waals surface area (Å²) in [4.78, 5) is 23.2.